The van der Waals surface area contributed by atoms with E-state index in [-0.39, 0.29) is 0 Å². The maximum atomic E-state index is 4.33. The predicted molar refractivity (Wildman–Crippen MR) is 82.3 cm³/mol. The second kappa shape index (κ2) is 5.90. The molecule has 0 atom stereocenters. The number of piperazine rings is 1. The smallest absolute Gasteiger partial charge is 0.132 e. The van der Waals surface area contributed by atoms with Gasteiger partial charge in [-0.25, -0.2) is 9.97 Å². The summed E-state index contributed by atoms with van der Waals surface area (Å²) in [5.74, 6) is 1.03. The van der Waals surface area contributed by atoms with Gasteiger partial charge in [0.15, 0.2) is 0 Å². The van der Waals surface area contributed by atoms with Crippen LogP contribution in [0.2, 0.25) is 0 Å². The Balaban J connectivity index is 1.70. The van der Waals surface area contributed by atoms with Crippen molar-refractivity contribution in [1.82, 2.24) is 9.97 Å². The molecule has 1 aromatic heterocycles. The van der Waals surface area contributed by atoms with Gasteiger partial charge in [-0.05, 0) is 24.1 Å². The van der Waals surface area contributed by atoms with Gasteiger partial charge in [0, 0.05) is 38.1 Å². The Bertz CT molecular complexity index is 547. The zero-order chi connectivity index (χ0) is 13.8. The zero-order valence-electron chi connectivity index (χ0n) is 11.9. The van der Waals surface area contributed by atoms with E-state index in [4.69, 9.17) is 0 Å². The lowest BCUT2D eigenvalue weighted by molar-refractivity contribution is 0.645. The van der Waals surface area contributed by atoms with Crippen LogP contribution in [0.15, 0.2) is 42.9 Å². The highest BCUT2D eigenvalue weighted by atomic mass is 15.3. The molecular weight excluding hydrogens is 248 g/mol. The number of nitrogens with zero attached hydrogens (tertiary/aromatic N) is 4. The lowest BCUT2D eigenvalue weighted by atomic mass is 10.1. The summed E-state index contributed by atoms with van der Waals surface area (Å²) in [4.78, 5) is 13.1. The molecule has 0 aliphatic carbocycles. The van der Waals surface area contributed by atoms with Crippen LogP contribution in [0.3, 0.4) is 0 Å². The van der Waals surface area contributed by atoms with E-state index in [1.807, 2.05) is 6.07 Å². The van der Waals surface area contributed by atoms with Crippen LogP contribution in [0.1, 0.15) is 12.5 Å². The topological polar surface area (TPSA) is 32.3 Å². The number of hydrogen-bond donors (Lipinski definition) is 0. The van der Waals surface area contributed by atoms with Crippen molar-refractivity contribution in [2.75, 3.05) is 36.0 Å². The fourth-order valence-corrected chi connectivity index (χ4v) is 2.77. The predicted octanol–water partition coefficient (Wildman–Crippen LogP) is 2.37. The van der Waals surface area contributed by atoms with Gasteiger partial charge >= 0.3 is 0 Å². The Kier molecular flexibility index (Phi) is 3.81. The molecule has 4 heteroatoms. The van der Waals surface area contributed by atoms with Crippen molar-refractivity contribution in [3.05, 3.63) is 48.4 Å². The molecule has 0 unspecified atom stereocenters. The lowest BCUT2D eigenvalue weighted by Crippen LogP contribution is -2.47. The Labute approximate surface area is 120 Å². The fraction of sp³-hybridized carbons (Fsp3) is 0.375. The van der Waals surface area contributed by atoms with Gasteiger partial charge in [-0.15, -0.1) is 0 Å². The molecule has 2 heterocycles. The fourth-order valence-electron chi connectivity index (χ4n) is 2.77. The molecule has 20 heavy (non-hydrogen) atoms. The van der Waals surface area contributed by atoms with Crippen LogP contribution in [0.4, 0.5) is 11.5 Å². The van der Waals surface area contributed by atoms with E-state index in [0.29, 0.717) is 0 Å². The van der Waals surface area contributed by atoms with E-state index in [9.17, 15) is 0 Å². The van der Waals surface area contributed by atoms with Gasteiger partial charge in [-0.2, -0.15) is 0 Å². The van der Waals surface area contributed by atoms with Crippen molar-refractivity contribution < 1.29 is 0 Å². The van der Waals surface area contributed by atoms with Crippen LogP contribution in [-0.2, 0) is 6.42 Å². The van der Waals surface area contributed by atoms with Crippen molar-refractivity contribution >= 4 is 11.5 Å². The number of para-hydroxylation sites is 1. The second-order valence-electron chi connectivity index (χ2n) is 5.02. The third-order valence-electron chi connectivity index (χ3n) is 3.88. The van der Waals surface area contributed by atoms with Crippen LogP contribution >= 0.6 is 0 Å². The van der Waals surface area contributed by atoms with Gasteiger partial charge in [-0.3, -0.25) is 0 Å². The summed E-state index contributed by atoms with van der Waals surface area (Å²) < 4.78 is 0. The van der Waals surface area contributed by atoms with Crippen molar-refractivity contribution in [3.63, 3.8) is 0 Å². The number of anilines is 2. The first-order valence-electron chi connectivity index (χ1n) is 7.22. The van der Waals surface area contributed by atoms with Crippen molar-refractivity contribution in [3.8, 4) is 0 Å². The number of aryl methyl sites for hydroxylation is 1. The first kappa shape index (κ1) is 12.9. The van der Waals surface area contributed by atoms with Crippen molar-refractivity contribution in [2.24, 2.45) is 0 Å². The summed E-state index contributed by atoms with van der Waals surface area (Å²) in [6.07, 6.45) is 4.51. The van der Waals surface area contributed by atoms with E-state index in [2.05, 4.69) is 51.0 Å². The molecule has 2 aromatic rings. The summed E-state index contributed by atoms with van der Waals surface area (Å²) in [5.41, 5.74) is 2.82. The highest BCUT2D eigenvalue weighted by Crippen LogP contribution is 2.23. The number of benzene rings is 1. The molecule has 0 amide bonds. The number of aromatic nitrogens is 2. The molecule has 1 fully saturated rings. The van der Waals surface area contributed by atoms with Gasteiger partial charge in [0.2, 0.25) is 0 Å². The van der Waals surface area contributed by atoms with Crippen molar-refractivity contribution in [2.45, 2.75) is 13.3 Å². The van der Waals surface area contributed by atoms with Crippen molar-refractivity contribution in [1.29, 1.82) is 0 Å². The molecule has 0 spiro atoms. The molecule has 4 nitrogen and oxygen atoms in total. The first-order valence-corrected chi connectivity index (χ1v) is 7.22. The van der Waals surface area contributed by atoms with Gasteiger partial charge in [0.05, 0.1) is 0 Å². The maximum Gasteiger partial charge on any atom is 0.132 e. The quantitative estimate of drug-likeness (QED) is 0.855. The third kappa shape index (κ3) is 2.59. The molecule has 104 valence electrons. The van der Waals surface area contributed by atoms with E-state index in [1.54, 1.807) is 12.5 Å². The summed E-state index contributed by atoms with van der Waals surface area (Å²) in [6, 6.07) is 10.7. The molecule has 0 N–H and O–H groups in total. The molecule has 1 aromatic carbocycles. The Morgan fingerprint density at radius 1 is 1.00 bits per heavy atom. The Morgan fingerprint density at radius 2 is 1.75 bits per heavy atom. The van der Waals surface area contributed by atoms with Crippen LogP contribution in [0.5, 0.6) is 0 Å². The minimum atomic E-state index is 1.01. The third-order valence-corrected chi connectivity index (χ3v) is 3.88. The molecule has 1 saturated heterocycles. The Hall–Kier alpha value is -2.10. The highest BCUT2D eigenvalue weighted by Gasteiger charge is 2.19. The second-order valence-corrected chi connectivity index (χ2v) is 5.02. The van der Waals surface area contributed by atoms with Crippen LogP contribution < -0.4 is 9.80 Å². The zero-order valence-corrected chi connectivity index (χ0v) is 11.9. The molecule has 1 aliphatic heterocycles. The van der Waals surface area contributed by atoms with Gasteiger partial charge in [0.1, 0.15) is 12.1 Å². The summed E-state index contributed by atoms with van der Waals surface area (Å²) in [7, 11) is 0. The number of rotatable bonds is 3. The molecule has 3 rings (SSSR count). The molecule has 1 aliphatic rings. The normalized spacial score (nSPS) is 15.4. The van der Waals surface area contributed by atoms with Crippen LogP contribution in [0.25, 0.3) is 0 Å². The lowest BCUT2D eigenvalue weighted by Gasteiger charge is -2.37. The van der Waals surface area contributed by atoms with Gasteiger partial charge in [-0.1, -0.05) is 25.1 Å². The molecule has 0 saturated carbocycles. The first-order chi connectivity index (χ1) is 9.88. The molecular formula is C16H20N4. The summed E-state index contributed by atoms with van der Waals surface area (Å²) in [5, 5.41) is 0. The van der Waals surface area contributed by atoms with Gasteiger partial charge in [0.25, 0.3) is 0 Å². The summed E-state index contributed by atoms with van der Waals surface area (Å²) >= 11 is 0. The van der Waals surface area contributed by atoms with Crippen LogP contribution in [0, 0.1) is 0 Å². The van der Waals surface area contributed by atoms with Crippen LogP contribution in [-0.4, -0.2) is 36.1 Å². The minimum Gasteiger partial charge on any atom is -0.368 e. The van der Waals surface area contributed by atoms with Gasteiger partial charge < -0.3 is 9.80 Å². The SMILES string of the molecule is CCc1ccccc1N1CCN(c2ccncn2)CC1. The standard InChI is InChI=1S/C16H20N4/c1-2-14-5-3-4-6-15(14)19-9-11-20(12-10-19)16-7-8-17-13-18-16/h3-8,13H,2,9-12H2,1H3. The molecule has 0 bridgehead atoms. The monoisotopic (exact) mass is 268 g/mol. The van der Waals surface area contributed by atoms with E-state index in [1.165, 1.54) is 11.3 Å². The Morgan fingerprint density at radius 3 is 2.45 bits per heavy atom. The van der Waals surface area contributed by atoms with E-state index in [0.717, 1.165) is 38.4 Å². The van der Waals surface area contributed by atoms with E-state index < -0.39 is 0 Å². The minimum absolute atomic E-state index is 1.01. The molecule has 0 radical (unpaired) electrons. The number of hydrogen-bond acceptors (Lipinski definition) is 4. The summed E-state index contributed by atoms with van der Waals surface area (Å²) in [6.45, 7) is 6.32. The van der Waals surface area contributed by atoms with E-state index >= 15 is 0 Å². The largest absolute Gasteiger partial charge is 0.368 e. The maximum absolute atomic E-state index is 4.33. The average molecular weight is 268 g/mol. The average Bonchev–Trinajstić information content (AvgIpc) is 2.56. The highest BCUT2D eigenvalue weighted by molar-refractivity contribution is 5.55.